The quantitative estimate of drug-likeness (QED) is 0.356. The number of aliphatic hydroxyl groups excluding tert-OH is 1. The Morgan fingerprint density at radius 2 is 1.58 bits per heavy atom. The number of rotatable bonds is 10. The van der Waals surface area contributed by atoms with Crippen LogP contribution in [0.1, 0.15) is 87.5 Å². The molecule has 2 aliphatic rings. The second-order valence-electron chi connectivity index (χ2n) is 9.02. The molecule has 0 aromatic carbocycles. The van der Waals surface area contributed by atoms with Crippen LogP contribution in [0.3, 0.4) is 0 Å². The lowest BCUT2D eigenvalue weighted by molar-refractivity contribution is 0.0144. The molecule has 31 heavy (non-hydrogen) atoms. The lowest BCUT2D eigenvalue weighted by Gasteiger charge is -2.37. The van der Waals surface area contributed by atoms with Gasteiger partial charge in [0.15, 0.2) is 0 Å². The molecule has 0 aromatic rings. The van der Waals surface area contributed by atoms with E-state index in [0.717, 1.165) is 25.7 Å². The monoisotopic (exact) mass is 460 g/mol. The van der Waals surface area contributed by atoms with Gasteiger partial charge in [-0.25, -0.2) is 4.67 Å². The van der Waals surface area contributed by atoms with Gasteiger partial charge in [0.2, 0.25) is 0 Å². The first kappa shape index (κ1) is 28.7. The standard InChI is InChI=1S/C16H31N2O3P.C7H14O2/c1-7-15-16(11-14(6)20-15)21-22(19-10-8-9-17)18(12(2)3)13(4)5;1-3-7-6(8)4-5(2)9-7/h12-16H,7-8,10-11H2,1-6H3;5-8H,3-4H2,1-2H3. The van der Waals surface area contributed by atoms with Crippen LogP contribution in [0.25, 0.3) is 0 Å². The Bertz CT molecular complexity index is 523. The number of aliphatic hydroxyl groups is 1. The van der Waals surface area contributed by atoms with Crippen molar-refractivity contribution in [2.24, 2.45) is 0 Å². The maximum absolute atomic E-state index is 9.23. The molecule has 0 saturated carbocycles. The van der Waals surface area contributed by atoms with Gasteiger partial charge in [-0.2, -0.15) is 5.26 Å². The summed E-state index contributed by atoms with van der Waals surface area (Å²) >= 11 is 0. The van der Waals surface area contributed by atoms with Crippen LogP contribution in [-0.2, 0) is 18.5 Å². The van der Waals surface area contributed by atoms with Gasteiger partial charge in [-0.15, -0.1) is 0 Å². The van der Waals surface area contributed by atoms with Gasteiger partial charge in [0.1, 0.15) is 0 Å². The van der Waals surface area contributed by atoms with Crippen LogP contribution >= 0.6 is 8.53 Å². The Balaban J connectivity index is 0.000000442. The van der Waals surface area contributed by atoms with Crippen LogP contribution in [-0.4, -0.2) is 65.1 Å². The first-order valence-corrected chi connectivity index (χ1v) is 13.0. The number of ether oxygens (including phenoxy) is 2. The Labute approximate surface area is 191 Å². The van der Waals surface area contributed by atoms with E-state index in [1.54, 1.807) is 0 Å². The molecule has 2 rings (SSSR count). The zero-order valence-electron chi connectivity index (χ0n) is 20.8. The van der Waals surface area contributed by atoms with E-state index in [1.165, 1.54) is 0 Å². The van der Waals surface area contributed by atoms with Crippen LogP contribution in [0.2, 0.25) is 0 Å². The predicted octanol–water partition coefficient (Wildman–Crippen LogP) is 5.17. The third kappa shape index (κ3) is 9.60. The minimum atomic E-state index is -1.17. The zero-order valence-corrected chi connectivity index (χ0v) is 21.7. The average Bonchev–Trinajstić information content (AvgIpc) is 3.21. The van der Waals surface area contributed by atoms with E-state index in [-0.39, 0.29) is 36.6 Å². The van der Waals surface area contributed by atoms with Crippen molar-refractivity contribution in [3.63, 3.8) is 0 Å². The van der Waals surface area contributed by atoms with Crippen molar-refractivity contribution in [2.45, 2.75) is 136 Å². The SMILES string of the molecule is CCC1OC(C)CC1O.CCC1OC(C)CC1OP(OCCC#N)N(C(C)C)C(C)C. The summed E-state index contributed by atoms with van der Waals surface area (Å²) in [6.45, 7) is 17.3. The summed E-state index contributed by atoms with van der Waals surface area (Å²) in [6.07, 6.45) is 4.55. The van der Waals surface area contributed by atoms with Crippen molar-refractivity contribution >= 4 is 8.53 Å². The van der Waals surface area contributed by atoms with E-state index >= 15 is 0 Å². The Morgan fingerprint density at radius 3 is 2.00 bits per heavy atom. The highest BCUT2D eigenvalue weighted by Gasteiger charge is 2.38. The molecule has 0 aromatic heterocycles. The molecule has 0 spiro atoms. The van der Waals surface area contributed by atoms with Gasteiger partial charge in [-0.05, 0) is 54.4 Å². The lowest BCUT2D eigenvalue weighted by atomic mass is 10.1. The number of hydrogen-bond acceptors (Lipinski definition) is 7. The van der Waals surface area contributed by atoms with Gasteiger partial charge >= 0.3 is 0 Å². The first-order chi connectivity index (χ1) is 14.6. The summed E-state index contributed by atoms with van der Waals surface area (Å²) < 4.78 is 25.8. The smallest absolute Gasteiger partial charge is 0.259 e. The molecule has 0 radical (unpaired) electrons. The summed E-state index contributed by atoms with van der Waals surface area (Å²) in [6, 6.07) is 2.78. The average molecular weight is 461 g/mol. The summed E-state index contributed by atoms with van der Waals surface area (Å²) in [5.74, 6) is 0. The van der Waals surface area contributed by atoms with Crippen LogP contribution < -0.4 is 0 Å². The third-order valence-corrected chi connectivity index (χ3v) is 7.64. The fourth-order valence-electron chi connectivity index (χ4n) is 4.11. The highest BCUT2D eigenvalue weighted by atomic mass is 31.2. The second kappa shape index (κ2) is 14.8. The second-order valence-corrected chi connectivity index (χ2v) is 10.4. The van der Waals surface area contributed by atoms with E-state index in [4.69, 9.17) is 23.8 Å². The van der Waals surface area contributed by atoms with Gasteiger partial charge < -0.3 is 23.6 Å². The van der Waals surface area contributed by atoms with Crippen LogP contribution in [0.5, 0.6) is 0 Å². The number of hydrogen-bond donors (Lipinski definition) is 1. The van der Waals surface area contributed by atoms with E-state index < -0.39 is 8.53 Å². The summed E-state index contributed by atoms with van der Waals surface area (Å²) in [5.41, 5.74) is 0. The van der Waals surface area contributed by atoms with Crippen molar-refractivity contribution < 1.29 is 23.6 Å². The molecular weight excluding hydrogens is 415 g/mol. The Morgan fingerprint density at radius 1 is 1.03 bits per heavy atom. The Kier molecular flexibility index (Phi) is 13.7. The normalized spacial score (nSPS) is 31.7. The summed E-state index contributed by atoms with van der Waals surface area (Å²) in [5, 5.41) is 18.0. The largest absolute Gasteiger partial charge is 0.390 e. The van der Waals surface area contributed by atoms with Crippen LogP contribution in [0.4, 0.5) is 0 Å². The summed E-state index contributed by atoms with van der Waals surface area (Å²) in [7, 11) is -1.17. The van der Waals surface area contributed by atoms with Gasteiger partial charge in [-0.1, -0.05) is 13.8 Å². The molecule has 2 heterocycles. The van der Waals surface area contributed by atoms with E-state index in [9.17, 15) is 5.11 Å². The maximum Gasteiger partial charge on any atom is 0.259 e. The molecule has 7 unspecified atom stereocenters. The fraction of sp³-hybridized carbons (Fsp3) is 0.957. The fourth-order valence-corrected chi connectivity index (χ4v) is 5.86. The van der Waals surface area contributed by atoms with Crippen molar-refractivity contribution in [2.75, 3.05) is 6.61 Å². The molecule has 2 saturated heterocycles. The molecule has 0 aliphatic carbocycles. The molecule has 7 atom stereocenters. The predicted molar refractivity (Wildman–Crippen MR) is 125 cm³/mol. The van der Waals surface area contributed by atoms with Crippen molar-refractivity contribution in [3.05, 3.63) is 0 Å². The molecule has 8 heteroatoms. The van der Waals surface area contributed by atoms with E-state index in [1.807, 2.05) is 13.8 Å². The van der Waals surface area contributed by atoms with Crippen LogP contribution in [0, 0.1) is 11.3 Å². The first-order valence-electron chi connectivity index (χ1n) is 11.9. The molecular formula is C23H45N2O5P. The maximum atomic E-state index is 9.23. The van der Waals surface area contributed by atoms with Gasteiger partial charge in [0, 0.05) is 24.9 Å². The molecule has 0 bridgehead atoms. The third-order valence-electron chi connectivity index (χ3n) is 5.49. The highest BCUT2D eigenvalue weighted by Crippen LogP contribution is 2.49. The van der Waals surface area contributed by atoms with Crippen molar-refractivity contribution in [3.8, 4) is 6.07 Å². The minimum absolute atomic E-state index is 0.0770. The number of nitrogens with zero attached hydrogens (tertiary/aromatic N) is 2. The number of nitriles is 1. The van der Waals surface area contributed by atoms with Gasteiger partial charge in [0.25, 0.3) is 8.53 Å². The topological polar surface area (TPSA) is 84.2 Å². The molecule has 1 N–H and O–H groups in total. The van der Waals surface area contributed by atoms with Crippen LogP contribution in [0.15, 0.2) is 0 Å². The highest BCUT2D eigenvalue weighted by molar-refractivity contribution is 7.44. The molecule has 2 aliphatic heterocycles. The van der Waals surface area contributed by atoms with Gasteiger partial charge in [-0.3, -0.25) is 0 Å². The van der Waals surface area contributed by atoms with Crippen molar-refractivity contribution in [1.29, 1.82) is 5.26 Å². The van der Waals surface area contributed by atoms with Gasteiger partial charge in [0.05, 0.1) is 55.7 Å². The molecule has 2 fully saturated rings. The molecule has 7 nitrogen and oxygen atoms in total. The van der Waals surface area contributed by atoms with E-state index in [2.05, 4.69) is 52.3 Å². The Hall–Kier alpha value is -0.320. The molecule has 182 valence electrons. The minimum Gasteiger partial charge on any atom is -0.390 e. The lowest BCUT2D eigenvalue weighted by Crippen LogP contribution is -2.35. The molecule has 0 amide bonds. The van der Waals surface area contributed by atoms with E-state index in [0.29, 0.717) is 25.1 Å². The van der Waals surface area contributed by atoms with Crippen molar-refractivity contribution in [1.82, 2.24) is 4.67 Å². The zero-order chi connectivity index (χ0) is 23.6. The summed E-state index contributed by atoms with van der Waals surface area (Å²) in [4.78, 5) is 0.